The minimum atomic E-state index is 1.14. The van der Waals surface area contributed by atoms with Crippen molar-refractivity contribution in [1.82, 2.24) is 0 Å². The molecule has 0 unspecified atom stereocenters. The van der Waals surface area contributed by atoms with Crippen molar-refractivity contribution in [3.05, 3.63) is 170 Å². The number of para-hydroxylation sites is 3. The van der Waals surface area contributed by atoms with Gasteiger partial charge in [-0.05, 0) is 83.6 Å². The van der Waals surface area contributed by atoms with Crippen molar-refractivity contribution in [3.63, 3.8) is 0 Å². The number of hydrogen-bond acceptors (Lipinski definition) is 3. The monoisotopic (exact) mass is 568 g/mol. The Morgan fingerprint density at radius 1 is 0.349 bits per heavy atom. The molecule has 3 heteroatoms. The maximum Gasteiger partial charge on any atom is 0.0640 e. The van der Waals surface area contributed by atoms with Crippen LogP contribution in [-0.2, 0) is 0 Å². The van der Waals surface area contributed by atoms with Gasteiger partial charge in [0.1, 0.15) is 0 Å². The molecule has 0 spiro atoms. The maximum atomic E-state index is 2.39. The van der Waals surface area contributed by atoms with Gasteiger partial charge in [0.2, 0.25) is 0 Å². The summed E-state index contributed by atoms with van der Waals surface area (Å²) < 4.78 is 2.55. The number of thiophene rings is 1. The molecule has 43 heavy (non-hydrogen) atoms. The number of fused-ring (bicyclic) bond motifs is 4. The van der Waals surface area contributed by atoms with Crippen LogP contribution < -0.4 is 9.80 Å². The van der Waals surface area contributed by atoms with Crippen molar-refractivity contribution in [2.45, 2.75) is 0 Å². The fourth-order valence-electron chi connectivity index (χ4n) is 6.01. The molecule has 1 aromatic heterocycles. The maximum absolute atomic E-state index is 2.39. The highest BCUT2D eigenvalue weighted by Gasteiger charge is 2.19. The predicted octanol–water partition coefficient (Wildman–Crippen LogP) is 12.1. The summed E-state index contributed by atoms with van der Waals surface area (Å²) in [5.74, 6) is 0. The third-order valence-corrected chi connectivity index (χ3v) is 9.20. The molecule has 0 aliphatic heterocycles. The molecule has 0 saturated heterocycles. The molecular formula is C40H28N2S. The summed E-state index contributed by atoms with van der Waals surface area (Å²) in [6.07, 6.45) is 0. The fraction of sp³-hybridized carbons (Fsp3) is 0. The van der Waals surface area contributed by atoms with Crippen molar-refractivity contribution >= 4 is 76.4 Å². The second-order valence-corrected chi connectivity index (χ2v) is 11.7. The van der Waals surface area contributed by atoms with Gasteiger partial charge in [0, 0.05) is 43.9 Å². The van der Waals surface area contributed by atoms with E-state index in [1.165, 1.54) is 36.6 Å². The highest BCUT2D eigenvalue weighted by atomic mass is 32.1. The van der Waals surface area contributed by atoms with Gasteiger partial charge < -0.3 is 9.80 Å². The zero-order chi connectivity index (χ0) is 28.6. The normalized spacial score (nSPS) is 11.3. The van der Waals surface area contributed by atoms with E-state index in [1.807, 2.05) is 11.3 Å². The van der Waals surface area contributed by atoms with Gasteiger partial charge in [0.25, 0.3) is 0 Å². The Morgan fingerprint density at radius 3 is 1.58 bits per heavy atom. The minimum Gasteiger partial charge on any atom is -0.310 e. The van der Waals surface area contributed by atoms with E-state index in [0.29, 0.717) is 0 Å². The Morgan fingerprint density at radius 2 is 0.907 bits per heavy atom. The number of rotatable bonds is 6. The van der Waals surface area contributed by atoms with Crippen molar-refractivity contribution in [2.75, 3.05) is 9.80 Å². The molecule has 0 amide bonds. The molecule has 0 aliphatic rings. The van der Waals surface area contributed by atoms with E-state index in [9.17, 15) is 0 Å². The molecule has 7 aromatic carbocycles. The molecule has 204 valence electrons. The van der Waals surface area contributed by atoms with Gasteiger partial charge in [-0.1, -0.05) is 97.1 Å². The lowest BCUT2D eigenvalue weighted by molar-refractivity contribution is 1.29. The third-order valence-electron chi connectivity index (χ3n) is 7.99. The number of anilines is 6. The lowest BCUT2D eigenvalue weighted by Crippen LogP contribution is -2.10. The highest BCUT2D eigenvalue weighted by Crippen LogP contribution is 2.46. The van der Waals surface area contributed by atoms with E-state index in [0.717, 1.165) is 28.4 Å². The lowest BCUT2D eigenvalue weighted by atomic mass is 10.1. The van der Waals surface area contributed by atoms with Crippen LogP contribution in [0.4, 0.5) is 34.1 Å². The SMILES string of the molecule is c1ccc(N(c2ccccc2)c2ccc3sc4c(N(c5ccccc5)c5ccc6ccccc6c5)cccc4c3c2)cc1. The van der Waals surface area contributed by atoms with Crippen molar-refractivity contribution < 1.29 is 0 Å². The summed E-state index contributed by atoms with van der Waals surface area (Å²) in [6.45, 7) is 0. The molecular weight excluding hydrogens is 541 g/mol. The Kier molecular flexibility index (Phi) is 6.36. The zero-order valence-electron chi connectivity index (χ0n) is 23.5. The molecule has 0 atom stereocenters. The summed E-state index contributed by atoms with van der Waals surface area (Å²) in [5, 5.41) is 5.01. The standard InChI is InChI=1S/C40H28N2S/c1-4-15-31(16-5-1)41(32-17-6-2-7-18-32)35-25-26-39-37(28-35)36-21-12-22-38(40(36)43-39)42(33-19-8-3-9-20-33)34-24-23-29-13-10-11-14-30(29)27-34/h1-28H. The first-order chi connectivity index (χ1) is 21.3. The van der Waals surface area contributed by atoms with Crippen molar-refractivity contribution in [2.24, 2.45) is 0 Å². The molecule has 0 fully saturated rings. The van der Waals surface area contributed by atoms with Crippen LogP contribution in [0.2, 0.25) is 0 Å². The van der Waals surface area contributed by atoms with Gasteiger partial charge >= 0.3 is 0 Å². The first-order valence-corrected chi connectivity index (χ1v) is 15.3. The van der Waals surface area contributed by atoms with E-state index in [1.54, 1.807) is 0 Å². The van der Waals surface area contributed by atoms with Gasteiger partial charge in [-0.3, -0.25) is 0 Å². The van der Waals surface area contributed by atoms with Crippen LogP contribution in [0.5, 0.6) is 0 Å². The third kappa shape index (κ3) is 4.61. The second kappa shape index (κ2) is 10.8. The molecule has 0 radical (unpaired) electrons. The molecule has 0 aliphatic carbocycles. The van der Waals surface area contributed by atoms with Gasteiger partial charge in [-0.2, -0.15) is 0 Å². The second-order valence-electron chi connectivity index (χ2n) is 10.6. The van der Waals surface area contributed by atoms with Crippen LogP contribution in [-0.4, -0.2) is 0 Å². The Bertz CT molecular complexity index is 2150. The van der Waals surface area contributed by atoms with E-state index < -0.39 is 0 Å². The van der Waals surface area contributed by atoms with E-state index in [-0.39, 0.29) is 0 Å². The summed E-state index contributed by atoms with van der Waals surface area (Å²) in [6, 6.07) is 60.8. The molecule has 8 rings (SSSR count). The zero-order valence-corrected chi connectivity index (χ0v) is 24.3. The van der Waals surface area contributed by atoms with Crippen molar-refractivity contribution in [1.29, 1.82) is 0 Å². The largest absolute Gasteiger partial charge is 0.310 e. The van der Waals surface area contributed by atoms with Gasteiger partial charge in [-0.15, -0.1) is 11.3 Å². The smallest absolute Gasteiger partial charge is 0.0640 e. The number of hydrogen-bond donors (Lipinski definition) is 0. The quantitative estimate of drug-likeness (QED) is 0.197. The van der Waals surface area contributed by atoms with E-state index in [2.05, 4.69) is 180 Å². The van der Waals surface area contributed by atoms with Crippen LogP contribution in [0, 0.1) is 0 Å². The van der Waals surface area contributed by atoms with Crippen LogP contribution in [0.1, 0.15) is 0 Å². The summed E-state index contributed by atoms with van der Waals surface area (Å²) in [7, 11) is 0. The van der Waals surface area contributed by atoms with E-state index in [4.69, 9.17) is 0 Å². The first kappa shape index (κ1) is 25.3. The van der Waals surface area contributed by atoms with E-state index >= 15 is 0 Å². The van der Waals surface area contributed by atoms with Gasteiger partial charge in [0.05, 0.1) is 10.4 Å². The summed E-state index contributed by atoms with van der Waals surface area (Å²) >= 11 is 1.86. The molecule has 0 N–H and O–H groups in total. The summed E-state index contributed by atoms with van der Waals surface area (Å²) in [5.41, 5.74) is 6.89. The topological polar surface area (TPSA) is 6.48 Å². The number of benzene rings is 7. The molecule has 0 bridgehead atoms. The Labute approximate surface area is 255 Å². The van der Waals surface area contributed by atoms with Crippen LogP contribution in [0.3, 0.4) is 0 Å². The van der Waals surface area contributed by atoms with Crippen LogP contribution in [0.25, 0.3) is 30.9 Å². The van der Waals surface area contributed by atoms with Crippen LogP contribution in [0.15, 0.2) is 170 Å². The molecule has 0 saturated carbocycles. The van der Waals surface area contributed by atoms with Crippen LogP contribution >= 0.6 is 11.3 Å². The van der Waals surface area contributed by atoms with Gasteiger partial charge in [0.15, 0.2) is 0 Å². The average molecular weight is 569 g/mol. The Hall–Kier alpha value is -5.38. The minimum absolute atomic E-state index is 1.14. The fourth-order valence-corrected chi connectivity index (χ4v) is 7.19. The lowest BCUT2D eigenvalue weighted by Gasteiger charge is -2.26. The molecule has 8 aromatic rings. The number of nitrogens with zero attached hydrogens (tertiary/aromatic N) is 2. The average Bonchev–Trinajstić information content (AvgIpc) is 3.45. The van der Waals surface area contributed by atoms with Gasteiger partial charge in [-0.25, -0.2) is 0 Å². The molecule has 2 nitrogen and oxygen atoms in total. The van der Waals surface area contributed by atoms with Crippen molar-refractivity contribution in [3.8, 4) is 0 Å². The highest BCUT2D eigenvalue weighted by molar-refractivity contribution is 7.26. The first-order valence-electron chi connectivity index (χ1n) is 14.5. The Balaban J connectivity index is 1.32. The summed E-state index contributed by atoms with van der Waals surface area (Å²) in [4.78, 5) is 4.73. The predicted molar refractivity (Wildman–Crippen MR) is 186 cm³/mol. The molecule has 1 heterocycles.